The number of aryl methyl sites for hydroxylation is 2. The maximum absolute atomic E-state index is 12.8. The van der Waals surface area contributed by atoms with Crippen LogP contribution in [0.3, 0.4) is 0 Å². The van der Waals surface area contributed by atoms with E-state index < -0.39 is 0 Å². The summed E-state index contributed by atoms with van der Waals surface area (Å²) in [6.45, 7) is 8.61. The number of carbonyl (C=O) groups is 1. The third kappa shape index (κ3) is 3.93. The Balaban J connectivity index is 1.81. The lowest BCUT2D eigenvalue weighted by atomic mass is 10.2. The van der Waals surface area contributed by atoms with E-state index in [1.807, 2.05) is 26.8 Å². The second-order valence-corrected chi connectivity index (χ2v) is 7.57. The molecule has 0 saturated heterocycles. The molecule has 2 heterocycles. The largest absolute Gasteiger partial charge is 0.343 e. The SMILES string of the molecule is CCCn1c(SCC(=O)c2cc(C)n(-c3ccc(C)cc3)c2C)n[nH]c1=O. The van der Waals surface area contributed by atoms with Crippen LogP contribution in [-0.4, -0.2) is 30.9 Å². The predicted molar refractivity (Wildman–Crippen MR) is 108 cm³/mol. The maximum Gasteiger partial charge on any atom is 0.343 e. The van der Waals surface area contributed by atoms with E-state index >= 15 is 0 Å². The van der Waals surface area contributed by atoms with Crippen molar-refractivity contribution in [1.82, 2.24) is 19.3 Å². The van der Waals surface area contributed by atoms with Gasteiger partial charge < -0.3 is 4.57 Å². The number of nitrogens with zero attached hydrogens (tertiary/aromatic N) is 3. The number of thioether (sulfide) groups is 1. The van der Waals surface area contributed by atoms with Crippen molar-refractivity contribution >= 4 is 17.5 Å². The van der Waals surface area contributed by atoms with Crippen molar-refractivity contribution in [3.8, 4) is 5.69 Å². The minimum absolute atomic E-state index is 0.0324. The van der Waals surface area contributed by atoms with Crippen molar-refractivity contribution in [3.63, 3.8) is 0 Å². The standard InChI is InChI=1S/C20H24N4O2S/c1-5-10-23-19(26)21-22-20(23)27-12-18(25)17-11-14(3)24(15(17)4)16-8-6-13(2)7-9-16/h6-9,11H,5,10,12H2,1-4H3,(H,21,26). The molecule has 0 amide bonds. The van der Waals surface area contributed by atoms with E-state index in [0.29, 0.717) is 17.3 Å². The number of benzene rings is 1. The number of ketones is 1. The monoisotopic (exact) mass is 384 g/mol. The lowest BCUT2D eigenvalue weighted by Gasteiger charge is -2.10. The first kappa shape index (κ1) is 19.2. The van der Waals surface area contributed by atoms with E-state index in [1.165, 1.54) is 17.3 Å². The minimum Gasteiger partial charge on any atom is -0.318 e. The second-order valence-electron chi connectivity index (χ2n) is 6.63. The Morgan fingerprint density at radius 2 is 1.89 bits per heavy atom. The van der Waals surface area contributed by atoms with Crippen LogP contribution in [0.2, 0.25) is 0 Å². The van der Waals surface area contributed by atoms with Crippen LogP contribution in [0.5, 0.6) is 0 Å². The fourth-order valence-electron chi connectivity index (χ4n) is 3.18. The van der Waals surface area contributed by atoms with E-state index in [-0.39, 0.29) is 17.2 Å². The summed E-state index contributed by atoms with van der Waals surface area (Å²) in [4.78, 5) is 24.6. The summed E-state index contributed by atoms with van der Waals surface area (Å²) in [6, 6.07) is 10.2. The lowest BCUT2D eigenvalue weighted by molar-refractivity contribution is 0.102. The molecular formula is C20H24N4O2S. The van der Waals surface area contributed by atoms with Gasteiger partial charge in [-0.15, -0.1) is 5.10 Å². The molecule has 1 N–H and O–H groups in total. The van der Waals surface area contributed by atoms with Gasteiger partial charge >= 0.3 is 5.69 Å². The number of aromatic nitrogens is 4. The molecule has 1 aromatic carbocycles. The van der Waals surface area contributed by atoms with Gasteiger partial charge in [0.1, 0.15) is 0 Å². The van der Waals surface area contributed by atoms with Crippen LogP contribution in [0.4, 0.5) is 0 Å². The van der Waals surface area contributed by atoms with E-state index in [4.69, 9.17) is 0 Å². The van der Waals surface area contributed by atoms with Gasteiger partial charge in [-0.2, -0.15) is 0 Å². The maximum atomic E-state index is 12.8. The zero-order chi connectivity index (χ0) is 19.6. The smallest absolute Gasteiger partial charge is 0.318 e. The van der Waals surface area contributed by atoms with Crippen LogP contribution in [-0.2, 0) is 6.54 Å². The van der Waals surface area contributed by atoms with E-state index in [2.05, 4.69) is 46.0 Å². The van der Waals surface area contributed by atoms with Gasteiger partial charge in [0.25, 0.3) is 0 Å². The summed E-state index contributed by atoms with van der Waals surface area (Å²) in [6.07, 6.45) is 0.832. The molecule has 0 radical (unpaired) electrons. The highest BCUT2D eigenvalue weighted by Gasteiger charge is 2.18. The highest BCUT2D eigenvalue weighted by Crippen LogP contribution is 2.24. The van der Waals surface area contributed by atoms with Gasteiger partial charge in [-0.25, -0.2) is 9.89 Å². The Bertz CT molecular complexity index is 1010. The van der Waals surface area contributed by atoms with Crippen LogP contribution < -0.4 is 5.69 Å². The van der Waals surface area contributed by atoms with Crippen molar-refractivity contribution < 1.29 is 4.79 Å². The fourth-order valence-corrected chi connectivity index (χ4v) is 4.03. The van der Waals surface area contributed by atoms with E-state index in [1.54, 1.807) is 4.57 Å². The molecule has 27 heavy (non-hydrogen) atoms. The van der Waals surface area contributed by atoms with Crippen molar-refractivity contribution in [2.75, 3.05) is 5.75 Å². The third-order valence-corrected chi connectivity index (χ3v) is 5.50. The summed E-state index contributed by atoms with van der Waals surface area (Å²) in [5.41, 5.74) is 4.67. The first-order chi connectivity index (χ1) is 12.9. The number of hydrogen-bond acceptors (Lipinski definition) is 4. The normalized spacial score (nSPS) is 11.1. The molecular weight excluding hydrogens is 360 g/mol. The van der Waals surface area contributed by atoms with Gasteiger partial charge in [-0.3, -0.25) is 9.36 Å². The molecule has 0 fully saturated rings. The minimum atomic E-state index is -0.232. The molecule has 0 atom stereocenters. The number of nitrogens with one attached hydrogen (secondary N) is 1. The summed E-state index contributed by atoms with van der Waals surface area (Å²) in [5, 5.41) is 7.05. The zero-order valence-electron chi connectivity index (χ0n) is 16.1. The van der Waals surface area contributed by atoms with Crippen LogP contribution in [0.25, 0.3) is 5.69 Å². The molecule has 0 saturated carbocycles. The number of rotatable bonds is 7. The molecule has 3 rings (SSSR count). The van der Waals surface area contributed by atoms with Crippen LogP contribution in [0, 0.1) is 20.8 Å². The molecule has 7 heteroatoms. The first-order valence-corrected chi connectivity index (χ1v) is 9.98. The topological polar surface area (TPSA) is 72.7 Å². The second kappa shape index (κ2) is 8.00. The molecule has 2 aromatic heterocycles. The van der Waals surface area contributed by atoms with Crippen molar-refractivity contribution in [2.45, 2.75) is 45.8 Å². The van der Waals surface area contributed by atoms with Crippen molar-refractivity contribution in [3.05, 3.63) is 63.3 Å². The number of Topliss-reactive ketones (excluding diaryl/α,β-unsaturated/α-hetero) is 1. The lowest BCUT2D eigenvalue weighted by Crippen LogP contribution is -2.17. The average molecular weight is 385 g/mol. The summed E-state index contributed by atoms with van der Waals surface area (Å²) in [7, 11) is 0. The Morgan fingerprint density at radius 1 is 1.19 bits per heavy atom. The molecule has 0 aliphatic rings. The van der Waals surface area contributed by atoms with Crippen molar-refractivity contribution in [1.29, 1.82) is 0 Å². The van der Waals surface area contributed by atoms with E-state index in [0.717, 1.165) is 23.5 Å². The quantitative estimate of drug-likeness (QED) is 0.498. The number of carbonyl (C=O) groups excluding carboxylic acids is 1. The molecule has 0 bridgehead atoms. The van der Waals surface area contributed by atoms with Gasteiger partial charge in [0, 0.05) is 29.2 Å². The Morgan fingerprint density at radius 3 is 2.56 bits per heavy atom. The van der Waals surface area contributed by atoms with Gasteiger partial charge in [-0.05, 0) is 45.4 Å². The first-order valence-electron chi connectivity index (χ1n) is 8.99. The van der Waals surface area contributed by atoms with Crippen LogP contribution in [0.15, 0.2) is 40.3 Å². The van der Waals surface area contributed by atoms with Crippen LogP contribution in [0.1, 0.15) is 40.7 Å². The molecule has 0 spiro atoms. The Kier molecular flexibility index (Phi) is 5.70. The highest BCUT2D eigenvalue weighted by atomic mass is 32.2. The molecule has 0 aliphatic carbocycles. The van der Waals surface area contributed by atoms with E-state index in [9.17, 15) is 9.59 Å². The van der Waals surface area contributed by atoms with Gasteiger partial charge in [0.05, 0.1) is 5.75 Å². The van der Waals surface area contributed by atoms with Crippen molar-refractivity contribution in [2.24, 2.45) is 0 Å². The zero-order valence-corrected chi connectivity index (χ0v) is 16.9. The summed E-state index contributed by atoms with van der Waals surface area (Å²) in [5.74, 6) is 0.275. The third-order valence-electron chi connectivity index (χ3n) is 4.53. The summed E-state index contributed by atoms with van der Waals surface area (Å²) >= 11 is 1.29. The number of hydrogen-bond donors (Lipinski definition) is 1. The average Bonchev–Trinajstić information content (AvgIpc) is 3.14. The molecule has 0 unspecified atom stereocenters. The summed E-state index contributed by atoms with van der Waals surface area (Å²) < 4.78 is 3.67. The fraction of sp³-hybridized carbons (Fsp3) is 0.350. The Labute approximate surface area is 162 Å². The van der Waals surface area contributed by atoms with Gasteiger partial charge in [0.2, 0.25) is 0 Å². The number of H-pyrrole nitrogens is 1. The molecule has 3 aromatic rings. The molecule has 142 valence electrons. The van der Waals surface area contributed by atoms with Gasteiger partial charge in [-0.1, -0.05) is 36.4 Å². The molecule has 0 aliphatic heterocycles. The van der Waals surface area contributed by atoms with Gasteiger partial charge in [0.15, 0.2) is 10.9 Å². The van der Waals surface area contributed by atoms with Crippen LogP contribution >= 0.6 is 11.8 Å². The Hall–Kier alpha value is -2.54. The predicted octanol–water partition coefficient (Wildman–Crippen LogP) is 3.67. The highest BCUT2D eigenvalue weighted by molar-refractivity contribution is 7.99. The molecule has 6 nitrogen and oxygen atoms in total. The number of aromatic amines is 1.